The van der Waals surface area contributed by atoms with Crippen LogP contribution in [0.5, 0.6) is 0 Å². The molecular weight excluding hydrogens is 120 g/mol. The zero-order valence-corrected chi connectivity index (χ0v) is 6.46. The van der Waals surface area contributed by atoms with Gasteiger partial charge in [-0.2, -0.15) is 0 Å². The molecule has 0 saturated heterocycles. The van der Waals surface area contributed by atoms with Gasteiger partial charge in [0.05, 0.1) is 0 Å². The molecule has 2 rings (SSSR count). The van der Waals surface area contributed by atoms with Gasteiger partial charge in [-0.15, -0.1) is 0 Å². The Bertz CT molecular complexity index is 176. The molecule has 0 heteroatoms. The van der Waals surface area contributed by atoms with E-state index in [9.17, 15) is 0 Å². The molecule has 1 fully saturated rings. The van der Waals surface area contributed by atoms with Crippen molar-refractivity contribution >= 4 is 0 Å². The summed E-state index contributed by atoms with van der Waals surface area (Å²) in [7, 11) is 0. The Balaban J connectivity index is 2.09. The van der Waals surface area contributed by atoms with Crippen LogP contribution in [0.15, 0.2) is 24.3 Å². The van der Waals surface area contributed by atoms with Gasteiger partial charge in [0.15, 0.2) is 0 Å². The van der Waals surface area contributed by atoms with Crippen molar-refractivity contribution in [2.75, 3.05) is 0 Å². The van der Waals surface area contributed by atoms with Gasteiger partial charge in [0, 0.05) is 0 Å². The molecule has 54 valence electrons. The molecule has 2 bridgehead atoms. The highest BCUT2D eigenvalue weighted by Crippen LogP contribution is 2.43. The van der Waals surface area contributed by atoms with Crippen molar-refractivity contribution in [3.63, 3.8) is 0 Å². The monoisotopic (exact) mass is 134 g/mol. The Kier molecular flexibility index (Phi) is 1.40. The summed E-state index contributed by atoms with van der Waals surface area (Å²) < 4.78 is 0. The number of rotatable bonds is 1. The van der Waals surface area contributed by atoms with Gasteiger partial charge < -0.3 is 0 Å². The normalized spacial score (nSPS) is 43.9. The highest BCUT2D eigenvalue weighted by Gasteiger charge is 2.33. The molecule has 0 aliphatic heterocycles. The van der Waals surface area contributed by atoms with Crippen molar-refractivity contribution in [2.45, 2.75) is 19.8 Å². The summed E-state index contributed by atoms with van der Waals surface area (Å²) in [5, 5.41) is 0. The fourth-order valence-electron chi connectivity index (χ4n) is 2.29. The third kappa shape index (κ3) is 0.828. The Morgan fingerprint density at radius 1 is 1.30 bits per heavy atom. The molecule has 2 aliphatic carbocycles. The molecule has 0 aromatic rings. The molecule has 0 heterocycles. The van der Waals surface area contributed by atoms with E-state index in [4.69, 9.17) is 0 Å². The lowest BCUT2D eigenvalue weighted by Gasteiger charge is -2.12. The van der Waals surface area contributed by atoms with E-state index in [0.29, 0.717) is 0 Å². The molecule has 1 saturated carbocycles. The molecule has 0 aromatic carbocycles. The largest absolute Gasteiger partial charge is 0.0914 e. The minimum absolute atomic E-state index is 0.875. The van der Waals surface area contributed by atoms with Crippen LogP contribution in [0.3, 0.4) is 0 Å². The third-order valence-corrected chi connectivity index (χ3v) is 2.77. The van der Waals surface area contributed by atoms with Gasteiger partial charge in [-0.1, -0.05) is 24.3 Å². The van der Waals surface area contributed by atoms with Crippen molar-refractivity contribution in [1.29, 1.82) is 0 Å². The highest BCUT2D eigenvalue weighted by atomic mass is 14.4. The van der Waals surface area contributed by atoms with E-state index in [1.165, 1.54) is 12.8 Å². The van der Waals surface area contributed by atoms with Gasteiger partial charge in [0.25, 0.3) is 0 Å². The van der Waals surface area contributed by atoms with Crippen LogP contribution in [0.1, 0.15) is 19.8 Å². The molecule has 3 unspecified atom stereocenters. The quantitative estimate of drug-likeness (QED) is 0.484. The van der Waals surface area contributed by atoms with Crippen LogP contribution in [0.2, 0.25) is 0 Å². The fraction of sp³-hybridized carbons (Fsp3) is 0.600. The van der Waals surface area contributed by atoms with Gasteiger partial charge in [-0.05, 0) is 37.5 Å². The summed E-state index contributed by atoms with van der Waals surface area (Å²) in [4.78, 5) is 0. The van der Waals surface area contributed by atoms with E-state index in [1.807, 2.05) is 0 Å². The summed E-state index contributed by atoms with van der Waals surface area (Å²) in [6.07, 6.45) is 12.2. The maximum absolute atomic E-state index is 2.40. The number of hydrogen-bond donors (Lipinski definition) is 0. The molecular formula is C10H14. The summed E-state index contributed by atoms with van der Waals surface area (Å²) >= 11 is 0. The van der Waals surface area contributed by atoms with Crippen LogP contribution >= 0.6 is 0 Å². The molecule has 10 heavy (non-hydrogen) atoms. The molecule has 3 atom stereocenters. The summed E-state index contributed by atoms with van der Waals surface area (Å²) in [5.41, 5.74) is 0. The molecule has 0 radical (unpaired) electrons. The van der Waals surface area contributed by atoms with E-state index in [-0.39, 0.29) is 0 Å². The molecule has 0 spiro atoms. The molecule has 0 aromatic heterocycles. The minimum Gasteiger partial charge on any atom is -0.0914 e. The Morgan fingerprint density at radius 3 is 2.70 bits per heavy atom. The molecule has 2 aliphatic rings. The van der Waals surface area contributed by atoms with Crippen molar-refractivity contribution in [2.24, 2.45) is 17.8 Å². The lowest BCUT2D eigenvalue weighted by Crippen LogP contribution is -2.02. The zero-order valence-electron chi connectivity index (χ0n) is 6.46. The van der Waals surface area contributed by atoms with Gasteiger partial charge in [-0.25, -0.2) is 0 Å². The first-order valence-electron chi connectivity index (χ1n) is 4.21. The third-order valence-electron chi connectivity index (χ3n) is 2.77. The average molecular weight is 134 g/mol. The number of fused-ring (bicyclic) bond motifs is 2. The van der Waals surface area contributed by atoms with Crippen molar-refractivity contribution in [1.82, 2.24) is 0 Å². The maximum Gasteiger partial charge on any atom is -0.0165 e. The van der Waals surface area contributed by atoms with Crippen LogP contribution in [0.4, 0.5) is 0 Å². The van der Waals surface area contributed by atoms with Crippen molar-refractivity contribution in [3.05, 3.63) is 24.3 Å². The second-order valence-electron chi connectivity index (χ2n) is 3.47. The maximum atomic E-state index is 2.40. The molecule has 0 nitrogen and oxygen atoms in total. The van der Waals surface area contributed by atoms with Crippen LogP contribution in [0, 0.1) is 17.8 Å². The predicted molar refractivity (Wildman–Crippen MR) is 43.7 cm³/mol. The van der Waals surface area contributed by atoms with Gasteiger partial charge in [0.1, 0.15) is 0 Å². The Hall–Kier alpha value is -0.520. The lowest BCUT2D eigenvalue weighted by molar-refractivity contribution is 0.549. The first kappa shape index (κ1) is 6.21. The van der Waals surface area contributed by atoms with Crippen molar-refractivity contribution in [3.8, 4) is 0 Å². The first-order valence-corrected chi connectivity index (χ1v) is 4.21. The van der Waals surface area contributed by atoms with Crippen molar-refractivity contribution < 1.29 is 0 Å². The van der Waals surface area contributed by atoms with E-state index in [1.54, 1.807) is 0 Å². The number of allylic oxidation sites excluding steroid dienone is 4. The van der Waals surface area contributed by atoms with Crippen LogP contribution in [-0.2, 0) is 0 Å². The van der Waals surface area contributed by atoms with Crippen LogP contribution in [-0.4, -0.2) is 0 Å². The highest BCUT2D eigenvalue weighted by molar-refractivity contribution is 5.13. The fourth-order valence-corrected chi connectivity index (χ4v) is 2.29. The van der Waals surface area contributed by atoms with Gasteiger partial charge in [0.2, 0.25) is 0 Å². The molecule has 0 amide bonds. The standard InChI is InChI=1S/C10H14/c1-2-3-9-6-8-4-5-10(9)7-8/h2-5,8-10H,6-7H2,1H3/b3-2+. The Labute approximate surface area is 62.6 Å². The van der Waals surface area contributed by atoms with Gasteiger partial charge >= 0.3 is 0 Å². The number of hydrogen-bond acceptors (Lipinski definition) is 0. The minimum atomic E-state index is 0.875. The summed E-state index contributed by atoms with van der Waals surface area (Å²) in [6, 6.07) is 0. The van der Waals surface area contributed by atoms with Crippen LogP contribution < -0.4 is 0 Å². The topological polar surface area (TPSA) is 0 Å². The summed E-state index contributed by atoms with van der Waals surface area (Å²) in [6.45, 7) is 2.12. The Morgan fingerprint density at radius 2 is 2.20 bits per heavy atom. The van der Waals surface area contributed by atoms with E-state index in [0.717, 1.165) is 17.8 Å². The summed E-state index contributed by atoms with van der Waals surface area (Å²) in [5.74, 6) is 2.69. The lowest BCUT2D eigenvalue weighted by atomic mass is 9.93. The molecule has 0 N–H and O–H groups in total. The van der Waals surface area contributed by atoms with E-state index < -0.39 is 0 Å². The average Bonchev–Trinajstić information content (AvgIpc) is 2.48. The first-order chi connectivity index (χ1) is 4.90. The zero-order chi connectivity index (χ0) is 6.97. The van der Waals surface area contributed by atoms with E-state index in [2.05, 4.69) is 31.2 Å². The SMILES string of the molecule is C/C=C/C1CC2C=CC1C2. The second-order valence-corrected chi connectivity index (χ2v) is 3.47. The second kappa shape index (κ2) is 2.26. The smallest absolute Gasteiger partial charge is 0.0165 e. The van der Waals surface area contributed by atoms with Crippen LogP contribution in [0.25, 0.3) is 0 Å². The van der Waals surface area contributed by atoms with E-state index >= 15 is 0 Å². The van der Waals surface area contributed by atoms with Gasteiger partial charge in [-0.3, -0.25) is 0 Å². The predicted octanol–water partition coefficient (Wildman–Crippen LogP) is 2.77.